The summed E-state index contributed by atoms with van der Waals surface area (Å²) in [5, 5.41) is 17.4. The SMILES string of the molecule is CN/C(=C\C(C)=C(\C)c1ccc(OC2CCOCC2)c(C#N)c1)c1cnn(C2COC2)c1. The molecule has 1 aromatic carbocycles. The van der Waals surface area contributed by atoms with Crippen molar-refractivity contribution in [3.8, 4) is 11.8 Å². The van der Waals surface area contributed by atoms with Crippen molar-refractivity contribution in [3.63, 3.8) is 0 Å². The topological polar surface area (TPSA) is 81.3 Å². The molecule has 7 heteroatoms. The smallest absolute Gasteiger partial charge is 0.137 e. The minimum atomic E-state index is 0.105. The summed E-state index contributed by atoms with van der Waals surface area (Å²) >= 11 is 0. The van der Waals surface area contributed by atoms with Gasteiger partial charge in [-0.15, -0.1) is 0 Å². The number of ether oxygens (including phenoxy) is 3. The lowest BCUT2D eigenvalue weighted by Gasteiger charge is -2.25. The molecule has 3 heterocycles. The molecule has 168 valence electrons. The number of aromatic nitrogens is 2. The Kier molecular flexibility index (Phi) is 6.93. The van der Waals surface area contributed by atoms with E-state index in [1.807, 2.05) is 42.3 Å². The van der Waals surface area contributed by atoms with Crippen LogP contribution < -0.4 is 10.1 Å². The van der Waals surface area contributed by atoms with Gasteiger partial charge < -0.3 is 19.5 Å². The molecule has 0 saturated carbocycles. The Morgan fingerprint density at radius 3 is 2.66 bits per heavy atom. The van der Waals surface area contributed by atoms with E-state index in [1.54, 1.807) is 0 Å². The van der Waals surface area contributed by atoms with Crippen LogP contribution in [0.25, 0.3) is 11.3 Å². The van der Waals surface area contributed by atoms with Crippen molar-refractivity contribution in [1.82, 2.24) is 15.1 Å². The number of benzene rings is 1. The van der Waals surface area contributed by atoms with Gasteiger partial charge in [-0.05, 0) is 48.8 Å². The van der Waals surface area contributed by atoms with Gasteiger partial charge in [0.25, 0.3) is 0 Å². The number of hydrogen-bond acceptors (Lipinski definition) is 6. The van der Waals surface area contributed by atoms with Crippen LogP contribution in [0, 0.1) is 11.3 Å². The molecule has 2 fully saturated rings. The zero-order chi connectivity index (χ0) is 22.5. The number of nitrogens with one attached hydrogen (secondary N) is 1. The van der Waals surface area contributed by atoms with Crippen LogP contribution in [0.2, 0.25) is 0 Å². The molecular formula is C25H30N4O3. The van der Waals surface area contributed by atoms with E-state index >= 15 is 0 Å². The first-order valence-corrected chi connectivity index (χ1v) is 11.1. The summed E-state index contributed by atoms with van der Waals surface area (Å²) in [4.78, 5) is 0. The van der Waals surface area contributed by atoms with Crippen LogP contribution in [0.1, 0.15) is 49.4 Å². The minimum absolute atomic E-state index is 0.105. The summed E-state index contributed by atoms with van der Waals surface area (Å²) in [6.45, 7) is 7.00. The van der Waals surface area contributed by atoms with Crippen molar-refractivity contribution >= 4 is 11.3 Å². The highest BCUT2D eigenvalue weighted by molar-refractivity contribution is 5.75. The first-order chi connectivity index (χ1) is 15.6. The van der Waals surface area contributed by atoms with E-state index in [4.69, 9.17) is 14.2 Å². The van der Waals surface area contributed by atoms with Gasteiger partial charge in [0.1, 0.15) is 17.9 Å². The Bertz CT molecular complexity index is 1050. The summed E-state index contributed by atoms with van der Waals surface area (Å²) < 4.78 is 18.7. The summed E-state index contributed by atoms with van der Waals surface area (Å²) in [7, 11) is 1.91. The van der Waals surface area contributed by atoms with Crippen LogP contribution in [-0.2, 0) is 9.47 Å². The Morgan fingerprint density at radius 2 is 2.00 bits per heavy atom. The van der Waals surface area contributed by atoms with E-state index in [0.29, 0.717) is 43.8 Å². The van der Waals surface area contributed by atoms with Crippen molar-refractivity contribution < 1.29 is 14.2 Å². The molecule has 0 radical (unpaired) electrons. The van der Waals surface area contributed by atoms with Crippen LogP contribution in [0.3, 0.4) is 0 Å². The van der Waals surface area contributed by atoms with E-state index in [2.05, 4.69) is 36.4 Å². The van der Waals surface area contributed by atoms with Crippen molar-refractivity contribution in [2.24, 2.45) is 0 Å². The van der Waals surface area contributed by atoms with Crippen molar-refractivity contribution in [2.75, 3.05) is 33.5 Å². The van der Waals surface area contributed by atoms with Gasteiger partial charge >= 0.3 is 0 Å². The van der Waals surface area contributed by atoms with E-state index in [0.717, 1.165) is 40.8 Å². The molecule has 1 aromatic heterocycles. The Labute approximate surface area is 189 Å². The molecule has 4 rings (SSSR count). The molecule has 0 bridgehead atoms. The molecule has 2 saturated heterocycles. The van der Waals surface area contributed by atoms with Gasteiger partial charge in [-0.1, -0.05) is 6.07 Å². The van der Waals surface area contributed by atoms with Crippen molar-refractivity contribution in [2.45, 2.75) is 38.8 Å². The van der Waals surface area contributed by atoms with Crippen LogP contribution in [0.15, 0.2) is 42.2 Å². The molecule has 1 N–H and O–H groups in total. The summed E-state index contributed by atoms with van der Waals surface area (Å²) in [5.41, 5.74) is 5.80. The molecule has 2 aliphatic heterocycles. The quantitative estimate of drug-likeness (QED) is 0.665. The predicted molar refractivity (Wildman–Crippen MR) is 123 cm³/mol. The normalized spacial score (nSPS) is 18.5. The van der Waals surface area contributed by atoms with Crippen LogP contribution in [-0.4, -0.2) is 49.4 Å². The van der Waals surface area contributed by atoms with Gasteiger partial charge in [0.05, 0.1) is 44.2 Å². The van der Waals surface area contributed by atoms with Crippen molar-refractivity contribution in [1.29, 1.82) is 5.26 Å². The summed E-state index contributed by atoms with van der Waals surface area (Å²) in [5.74, 6) is 0.646. The molecule has 0 unspecified atom stereocenters. The molecule has 0 aliphatic carbocycles. The molecule has 0 atom stereocenters. The standard InChI is InChI=1S/C25H30N4O3/c1-17(10-24(27-3)21-13-28-29(14-21)22-15-31-16-22)18(2)19-4-5-25(20(11-19)12-26)32-23-6-8-30-9-7-23/h4-5,10-11,13-14,22-23,27H,6-9,15-16H2,1-3H3/b18-17-,24-10-. The number of hydrogen-bond donors (Lipinski definition) is 1. The zero-order valence-corrected chi connectivity index (χ0v) is 18.9. The Hall–Kier alpha value is -3.08. The Morgan fingerprint density at radius 1 is 1.22 bits per heavy atom. The number of rotatable bonds is 7. The highest BCUT2D eigenvalue weighted by Gasteiger charge is 2.21. The second kappa shape index (κ2) is 10.0. The number of nitrogens with zero attached hydrogens (tertiary/aromatic N) is 3. The summed E-state index contributed by atoms with van der Waals surface area (Å²) in [6, 6.07) is 8.46. The molecule has 32 heavy (non-hydrogen) atoms. The maximum absolute atomic E-state index is 9.69. The second-order valence-electron chi connectivity index (χ2n) is 8.27. The van der Waals surface area contributed by atoms with E-state index in [1.165, 1.54) is 0 Å². The van der Waals surface area contributed by atoms with Crippen molar-refractivity contribution in [3.05, 3.63) is 58.9 Å². The van der Waals surface area contributed by atoms with Gasteiger partial charge in [0.2, 0.25) is 0 Å². The highest BCUT2D eigenvalue weighted by Crippen LogP contribution is 2.28. The zero-order valence-electron chi connectivity index (χ0n) is 18.9. The predicted octanol–water partition coefficient (Wildman–Crippen LogP) is 3.94. The lowest BCUT2D eigenvalue weighted by Crippen LogP contribution is -2.30. The second-order valence-corrected chi connectivity index (χ2v) is 8.27. The lowest BCUT2D eigenvalue weighted by atomic mass is 9.99. The lowest BCUT2D eigenvalue weighted by molar-refractivity contribution is -0.0286. The molecule has 2 aromatic rings. The van der Waals surface area contributed by atoms with Gasteiger partial charge in [-0.25, -0.2) is 0 Å². The maximum atomic E-state index is 9.69. The van der Waals surface area contributed by atoms with Gasteiger partial charge in [-0.2, -0.15) is 10.4 Å². The third-order valence-corrected chi connectivity index (χ3v) is 6.12. The highest BCUT2D eigenvalue weighted by atomic mass is 16.5. The van der Waals surface area contributed by atoms with Gasteiger partial charge in [0, 0.05) is 37.3 Å². The first-order valence-electron chi connectivity index (χ1n) is 11.1. The van der Waals surface area contributed by atoms with Gasteiger partial charge in [-0.3, -0.25) is 4.68 Å². The fourth-order valence-electron chi connectivity index (χ4n) is 3.83. The van der Waals surface area contributed by atoms with Crippen LogP contribution >= 0.6 is 0 Å². The third kappa shape index (κ3) is 4.87. The fourth-order valence-corrected chi connectivity index (χ4v) is 3.83. The van der Waals surface area contributed by atoms with E-state index in [9.17, 15) is 5.26 Å². The van der Waals surface area contributed by atoms with Gasteiger partial charge in [0.15, 0.2) is 0 Å². The fraction of sp³-hybridized carbons (Fsp3) is 0.440. The average molecular weight is 435 g/mol. The third-order valence-electron chi connectivity index (χ3n) is 6.12. The molecule has 7 nitrogen and oxygen atoms in total. The maximum Gasteiger partial charge on any atom is 0.137 e. The van der Waals surface area contributed by atoms with E-state index in [-0.39, 0.29) is 6.10 Å². The molecule has 2 aliphatic rings. The van der Waals surface area contributed by atoms with Crippen LogP contribution in [0.5, 0.6) is 5.75 Å². The molecular weight excluding hydrogens is 404 g/mol. The monoisotopic (exact) mass is 434 g/mol. The van der Waals surface area contributed by atoms with E-state index < -0.39 is 0 Å². The van der Waals surface area contributed by atoms with Crippen LogP contribution in [0.4, 0.5) is 0 Å². The number of allylic oxidation sites excluding steroid dienone is 3. The molecule has 0 spiro atoms. The largest absolute Gasteiger partial charge is 0.489 e. The number of nitriles is 1. The molecule has 0 amide bonds. The minimum Gasteiger partial charge on any atom is -0.489 e. The average Bonchev–Trinajstić information content (AvgIpc) is 3.25. The Balaban J connectivity index is 1.55. The summed E-state index contributed by atoms with van der Waals surface area (Å²) in [6.07, 6.45) is 7.85. The first kappa shape index (κ1) is 22.1.